The standard InChI is InChI=1S/C18H15F2IN2O2/c1-3-25-18(24)15-10(2)22-17-12(16(15)21)6-7-23(17)9-11-4-5-13(19)14(20)8-11/h4-8H,3,9H2,1-2H3. The summed E-state index contributed by atoms with van der Waals surface area (Å²) < 4.78 is 34.2. The highest BCUT2D eigenvalue weighted by molar-refractivity contribution is 14.1. The number of aromatic nitrogens is 2. The highest BCUT2D eigenvalue weighted by Crippen LogP contribution is 2.27. The molecule has 0 atom stereocenters. The van der Waals surface area contributed by atoms with Crippen LogP contribution in [0.1, 0.15) is 28.5 Å². The monoisotopic (exact) mass is 456 g/mol. The van der Waals surface area contributed by atoms with Crippen LogP contribution in [0.25, 0.3) is 11.0 Å². The Balaban J connectivity index is 2.04. The number of nitrogens with zero attached hydrogens (tertiary/aromatic N) is 2. The van der Waals surface area contributed by atoms with Crippen molar-refractivity contribution in [3.8, 4) is 0 Å². The minimum absolute atomic E-state index is 0.295. The fourth-order valence-electron chi connectivity index (χ4n) is 2.67. The van der Waals surface area contributed by atoms with Crippen LogP contribution in [-0.2, 0) is 11.3 Å². The molecular formula is C18H15F2IN2O2. The summed E-state index contributed by atoms with van der Waals surface area (Å²) in [5.41, 5.74) is 2.33. The Hall–Kier alpha value is -2.03. The zero-order valence-electron chi connectivity index (χ0n) is 13.6. The quantitative estimate of drug-likeness (QED) is 0.431. The minimum atomic E-state index is -0.878. The number of halogens is 3. The van der Waals surface area contributed by atoms with Gasteiger partial charge in [-0.2, -0.15) is 0 Å². The fourth-order valence-corrected chi connectivity index (χ4v) is 3.70. The molecule has 0 aliphatic rings. The van der Waals surface area contributed by atoms with Gasteiger partial charge in [0.25, 0.3) is 0 Å². The van der Waals surface area contributed by atoms with Crippen LogP contribution < -0.4 is 0 Å². The average molecular weight is 456 g/mol. The van der Waals surface area contributed by atoms with Crippen LogP contribution in [0, 0.1) is 22.1 Å². The van der Waals surface area contributed by atoms with Crippen molar-refractivity contribution in [1.82, 2.24) is 9.55 Å². The van der Waals surface area contributed by atoms with Gasteiger partial charge in [0.05, 0.1) is 17.9 Å². The molecule has 25 heavy (non-hydrogen) atoms. The first-order valence-corrected chi connectivity index (χ1v) is 8.76. The van der Waals surface area contributed by atoms with Gasteiger partial charge < -0.3 is 9.30 Å². The van der Waals surface area contributed by atoms with Gasteiger partial charge in [0, 0.05) is 21.7 Å². The molecule has 2 aromatic heterocycles. The van der Waals surface area contributed by atoms with E-state index in [0.717, 1.165) is 15.0 Å². The van der Waals surface area contributed by atoms with E-state index in [2.05, 4.69) is 27.6 Å². The zero-order valence-corrected chi connectivity index (χ0v) is 15.8. The number of carbonyl (C=O) groups excluding carboxylic acids is 1. The number of fused-ring (bicyclic) bond motifs is 1. The lowest BCUT2D eigenvalue weighted by Gasteiger charge is -2.11. The molecule has 7 heteroatoms. The van der Waals surface area contributed by atoms with Crippen LogP contribution in [-0.4, -0.2) is 22.1 Å². The molecular weight excluding hydrogens is 441 g/mol. The van der Waals surface area contributed by atoms with E-state index < -0.39 is 17.6 Å². The van der Waals surface area contributed by atoms with Gasteiger partial charge in [-0.25, -0.2) is 18.6 Å². The molecule has 0 amide bonds. The molecule has 0 fully saturated rings. The van der Waals surface area contributed by atoms with Crippen molar-refractivity contribution >= 4 is 39.6 Å². The summed E-state index contributed by atoms with van der Waals surface area (Å²) in [6.07, 6.45) is 1.81. The normalized spacial score (nSPS) is 11.1. The highest BCUT2D eigenvalue weighted by Gasteiger charge is 2.20. The van der Waals surface area contributed by atoms with Crippen molar-refractivity contribution in [3.63, 3.8) is 0 Å². The van der Waals surface area contributed by atoms with Gasteiger partial charge in [-0.1, -0.05) is 6.07 Å². The lowest BCUT2D eigenvalue weighted by Crippen LogP contribution is -2.11. The number of pyridine rings is 1. The van der Waals surface area contributed by atoms with E-state index in [1.807, 2.05) is 16.8 Å². The Morgan fingerprint density at radius 1 is 1.28 bits per heavy atom. The van der Waals surface area contributed by atoms with Gasteiger partial charge in [0.2, 0.25) is 0 Å². The van der Waals surface area contributed by atoms with Crippen LogP contribution in [0.15, 0.2) is 30.5 Å². The Bertz CT molecular complexity index is 969. The first kappa shape index (κ1) is 17.8. The van der Waals surface area contributed by atoms with Crippen molar-refractivity contribution in [2.75, 3.05) is 6.61 Å². The zero-order chi connectivity index (χ0) is 18.1. The maximum atomic E-state index is 13.4. The van der Waals surface area contributed by atoms with Crippen molar-refractivity contribution in [2.45, 2.75) is 20.4 Å². The Kier molecular flexibility index (Phi) is 5.03. The largest absolute Gasteiger partial charge is 0.462 e. The summed E-state index contributed by atoms with van der Waals surface area (Å²) in [5, 5.41) is 0.817. The Morgan fingerprint density at radius 3 is 2.72 bits per heavy atom. The van der Waals surface area contributed by atoms with E-state index in [-0.39, 0.29) is 0 Å². The Labute approximate surface area is 157 Å². The van der Waals surface area contributed by atoms with Gasteiger partial charge in [-0.3, -0.25) is 0 Å². The molecule has 0 unspecified atom stereocenters. The molecule has 0 aliphatic heterocycles. The SMILES string of the molecule is CCOC(=O)c1c(C)nc2c(ccn2Cc2ccc(F)c(F)c2)c1I. The number of esters is 1. The third-order valence-electron chi connectivity index (χ3n) is 3.84. The number of carbonyl (C=O) groups is 1. The predicted octanol–water partition coefficient (Wildman–Crippen LogP) is 4.45. The summed E-state index contributed by atoms with van der Waals surface area (Å²) >= 11 is 2.11. The molecule has 0 saturated heterocycles. The molecule has 3 rings (SSSR count). The van der Waals surface area contributed by atoms with Crippen molar-refractivity contribution in [2.24, 2.45) is 0 Å². The number of hydrogen-bond acceptors (Lipinski definition) is 3. The van der Waals surface area contributed by atoms with Crippen molar-refractivity contribution < 1.29 is 18.3 Å². The van der Waals surface area contributed by atoms with Crippen LogP contribution in [0.3, 0.4) is 0 Å². The molecule has 130 valence electrons. The molecule has 0 N–H and O–H groups in total. The van der Waals surface area contributed by atoms with E-state index in [9.17, 15) is 13.6 Å². The summed E-state index contributed by atoms with van der Waals surface area (Å²) in [6.45, 7) is 4.15. The maximum absolute atomic E-state index is 13.4. The summed E-state index contributed by atoms with van der Waals surface area (Å²) in [4.78, 5) is 16.7. The molecule has 0 spiro atoms. The second-order valence-corrected chi connectivity index (χ2v) is 6.61. The van der Waals surface area contributed by atoms with Crippen LogP contribution in [0.2, 0.25) is 0 Å². The van der Waals surface area contributed by atoms with Gasteiger partial charge in [-0.15, -0.1) is 0 Å². The van der Waals surface area contributed by atoms with E-state index in [1.54, 1.807) is 13.8 Å². The Morgan fingerprint density at radius 2 is 2.04 bits per heavy atom. The molecule has 3 aromatic rings. The molecule has 0 aliphatic carbocycles. The third kappa shape index (κ3) is 3.37. The van der Waals surface area contributed by atoms with E-state index in [1.165, 1.54) is 12.1 Å². The topological polar surface area (TPSA) is 44.1 Å². The van der Waals surface area contributed by atoms with Crippen LogP contribution in [0.5, 0.6) is 0 Å². The molecule has 1 aromatic carbocycles. The van der Waals surface area contributed by atoms with E-state index in [4.69, 9.17) is 4.74 Å². The minimum Gasteiger partial charge on any atom is -0.462 e. The number of hydrogen-bond donors (Lipinski definition) is 0. The van der Waals surface area contributed by atoms with Crippen molar-refractivity contribution in [3.05, 3.63) is 62.5 Å². The van der Waals surface area contributed by atoms with E-state index >= 15 is 0 Å². The first-order valence-electron chi connectivity index (χ1n) is 7.68. The van der Waals surface area contributed by atoms with Gasteiger partial charge in [0.15, 0.2) is 11.6 Å². The average Bonchev–Trinajstić information content (AvgIpc) is 2.94. The summed E-state index contributed by atoms with van der Waals surface area (Å²) in [6, 6.07) is 5.67. The second kappa shape index (κ2) is 7.07. The smallest absolute Gasteiger partial charge is 0.341 e. The molecule has 0 radical (unpaired) electrons. The molecule has 0 saturated carbocycles. The first-order chi connectivity index (χ1) is 11.9. The van der Waals surface area contributed by atoms with Gasteiger partial charge in [0.1, 0.15) is 5.65 Å². The maximum Gasteiger partial charge on any atom is 0.341 e. The molecule has 2 heterocycles. The fraction of sp³-hybridized carbons (Fsp3) is 0.222. The number of rotatable bonds is 4. The third-order valence-corrected chi connectivity index (χ3v) is 4.96. The lowest BCUT2D eigenvalue weighted by molar-refractivity contribution is 0.0524. The van der Waals surface area contributed by atoms with Crippen molar-refractivity contribution in [1.29, 1.82) is 0 Å². The van der Waals surface area contributed by atoms with Gasteiger partial charge >= 0.3 is 5.97 Å². The molecule has 0 bridgehead atoms. The summed E-state index contributed by atoms with van der Waals surface area (Å²) in [5.74, 6) is -2.15. The number of aryl methyl sites for hydroxylation is 1. The predicted molar refractivity (Wildman–Crippen MR) is 98.6 cm³/mol. The number of ether oxygens (including phenoxy) is 1. The lowest BCUT2D eigenvalue weighted by atomic mass is 10.1. The second-order valence-electron chi connectivity index (χ2n) is 5.54. The van der Waals surface area contributed by atoms with Crippen LogP contribution in [0.4, 0.5) is 8.78 Å². The highest BCUT2D eigenvalue weighted by atomic mass is 127. The summed E-state index contributed by atoms with van der Waals surface area (Å²) in [7, 11) is 0. The van der Waals surface area contributed by atoms with Gasteiger partial charge in [-0.05, 0) is 60.2 Å². The number of benzene rings is 1. The molecule has 4 nitrogen and oxygen atoms in total. The van der Waals surface area contributed by atoms with E-state index in [0.29, 0.717) is 35.6 Å². The van der Waals surface area contributed by atoms with Crippen LogP contribution >= 0.6 is 22.6 Å².